The molecule has 0 amide bonds. The van der Waals surface area contributed by atoms with Crippen molar-refractivity contribution in [1.82, 2.24) is 15.1 Å². The molecule has 0 bridgehead atoms. The number of hydrogen-bond donors (Lipinski definition) is 1. The van der Waals surface area contributed by atoms with Crippen LogP contribution in [0.4, 0.5) is 0 Å². The molecular formula is C13H18BrN3O. The molecule has 0 aliphatic rings. The Hall–Kier alpha value is -1.07. The first kappa shape index (κ1) is 13.4. The highest BCUT2D eigenvalue weighted by Gasteiger charge is 2.14. The molecule has 1 unspecified atom stereocenters. The van der Waals surface area contributed by atoms with Crippen LogP contribution in [0.15, 0.2) is 33.6 Å². The molecule has 2 rings (SSSR count). The van der Waals surface area contributed by atoms with Crippen LogP contribution in [0.25, 0.3) is 0 Å². The van der Waals surface area contributed by atoms with Crippen LogP contribution in [0.2, 0.25) is 0 Å². The minimum atomic E-state index is 0.251. The predicted molar refractivity (Wildman–Crippen MR) is 74.4 cm³/mol. The number of rotatable bonds is 6. The van der Waals surface area contributed by atoms with E-state index in [1.807, 2.05) is 30.1 Å². The third-order valence-electron chi connectivity index (χ3n) is 2.87. The van der Waals surface area contributed by atoms with Crippen LogP contribution in [-0.4, -0.2) is 16.3 Å². The summed E-state index contributed by atoms with van der Waals surface area (Å²) >= 11 is 3.34. The summed E-state index contributed by atoms with van der Waals surface area (Å²) in [6.45, 7) is 3.03. The van der Waals surface area contributed by atoms with Crippen molar-refractivity contribution >= 4 is 15.9 Å². The highest BCUT2D eigenvalue weighted by Crippen LogP contribution is 2.24. The Morgan fingerprint density at radius 1 is 1.50 bits per heavy atom. The van der Waals surface area contributed by atoms with Crippen molar-refractivity contribution in [2.24, 2.45) is 7.05 Å². The number of nitrogens with one attached hydrogen (secondary N) is 1. The SMILES string of the molecule is CCNC(CCc1cnn(C)c1)c1ccc(Br)o1. The largest absolute Gasteiger partial charge is 0.453 e. The topological polar surface area (TPSA) is 43.0 Å². The van der Waals surface area contributed by atoms with Crippen molar-refractivity contribution in [1.29, 1.82) is 0 Å². The van der Waals surface area contributed by atoms with Crippen LogP contribution in [0, 0.1) is 0 Å². The summed E-state index contributed by atoms with van der Waals surface area (Å²) in [6, 6.07) is 4.20. The molecule has 0 fully saturated rings. The van der Waals surface area contributed by atoms with Gasteiger partial charge in [0.15, 0.2) is 4.67 Å². The van der Waals surface area contributed by atoms with Crippen LogP contribution < -0.4 is 5.32 Å². The lowest BCUT2D eigenvalue weighted by molar-refractivity contribution is 0.392. The number of nitrogens with zero attached hydrogens (tertiary/aromatic N) is 2. The first-order valence-corrected chi connectivity index (χ1v) is 6.94. The molecule has 1 N–H and O–H groups in total. The maximum absolute atomic E-state index is 5.63. The van der Waals surface area contributed by atoms with Crippen molar-refractivity contribution in [3.05, 3.63) is 40.5 Å². The monoisotopic (exact) mass is 311 g/mol. The smallest absolute Gasteiger partial charge is 0.169 e. The molecular weight excluding hydrogens is 294 g/mol. The van der Waals surface area contributed by atoms with Gasteiger partial charge in [-0.2, -0.15) is 5.10 Å². The summed E-state index contributed by atoms with van der Waals surface area (Å²) in [6.07, 6.45) is 5.96. The van der Waals surface area contributed by atoms with Gasteiger partial charge >= 0.3 is 0 Å². The van der Waals surface area contributed by atoms with Crippen molar-refractivity contribution < 1.29 is 4.42 Å². The van der Waals surface area contributed by atoms with E-state index in [9.17, 15) is 0 Å². The molecule has 5 heteroatoms. The minimum absolute atomic E-state index is 0.251. The number of hydrogen-bond acceptors (Lipinski definition) is 3. The Bertz CT molecular complexity index is 492. The molecule has 2 heterocycles. The fourth-order valence-electron chi connectivity index (χ4n) is 2.02. The standard InChI is InChI=1S/C13H18BrN3O/c1-3-15-11(12-6-7-13(14)18-12)5-4-10-8-16-17(2)9-10/h6-9,11,15H,3-5H2,1-2H3. The third kappa shape index (κ3) is 3.46. The van der Waals surface area contributed by atoms with Crippen molar-refractivity contribution in [3.63, 3.8) is 0 Å². The maximum Gasteiger partial charge on any atom is 0.169 e. The van der Waals surface area contributed by atoms with Gasteiger partial charge < -0.3 is 9.73 Å². The van der Waals surface area contributed by atoms with Crippen molar-refractivity contribution in [3.8, 4) is 0 Å². The van der Waals surface area contributed by atoms with Gasteiger partial charge in [0.25, 0.3) is 0 Å². The molecule has 0 aromatic carbocycles. The minimum Gasteiger partial charge on any atom is -0.453 e. The maximum atomic E-state index is 5.63. The lowest BCUT2D eigenvalue weighted by atomic mass is 10.1. The average Bonchev–Trinajstić information content (AvgIpc) is 2.94. The summed E-state index contributed by atoms with van der Waals surface area (Å²) in [5, 5.41) is 7.63. The van der Waals surface area contributed by atoms with E-state index in [-0.39, 0.29) is 6.04 Å². The van der Waals surface area contributed by atoms with Gasteiger partial charge in [-0.1, -0.05) is 6.92 Å². The molecule has 2 aromatic rings. The lowest BCUT2D eigenvalue weighted by Gasteiger charge is -2.14. The zero-order valence-corrected chi connectivity index (χ0v) is 12.3. The molecule has 0 radical (unpaired) electrons. The van der Waals surface area contributed by atoms with Crippen molar-refractivity contribution in [2.75, 3.05) is 6.54 Å². The molecule has 0 aliphatic heterocycles. The van der Waals surface area contributed by atoms with E-state index in [1.54, 1.807) is 0 Å². The summed E-state index contributed by atoms with van der Waals surface area (Å²) < 4.78 is 8.24. The van der Waals surface area contributed by atoms with E-state index < -0.39 is 0 Å². The van der Waals surface area contributed by atoms with Crippen LogP contribution in [0.3, 0.4) is 0 Å². The molecule has 2 aromatic heterocycles. The second kappa shape index (κ2) is 6.20. The predicted octanol–water partition coefficient (Wildman–Crippen LogP) is 3.06. The normalized spacial score (nSPS) is 12.8. The van der Waals surface area contributed by atoms with Crippen LogP contribution in [0.5, 0.6) is 0 Å². The number of furan rings is 1. The Balaban J connectivity index is 1.98. The summed E-state index contributed by atoms with van der Waals surface area (Å²) in [5.41, 5.74) is 1.26. The Kier molecular flexibility index (Phi) is 4.60. The molecule has 18 heavy (non-hydrogen) atoms. The summed E-state index contributed by atoms with van der Waals surface area (Å²) in [4.78, 5) is 0. The van der Waals surface area contributed by atoms with E-state index in [1.165, 1.54) is 5.56 Å². The Labute approximate surface area is 115 Å². The average molecular weight is 312 g/mol. The van der Waals surface area contributed by atoms with E-state index in [4.69, 9.17) is 4.42 Å². The van der Waals surface area contributed by atoms with Gasteiger partial charge in [0, 0.05) is 13.2 Å². The second-order valence-electron chi connectivity index (χ2n) is 4.31. The quantitative estimate of drug-likeness (QED) is 0.891. The highest BCUT2D eigenvalue weighted by molar-refractivity contribution is 9.10. The highest BCUT2D eigenvalue weighted by atomic mass is 79.9. The first-order chi connectivity index (χ1) is 8.69. The summed E-state index contributed by atoms with van der Waals surface area (Å²) in [7, 11) is 1.94. The zero-order valence-electron chi connectivity index (χ0n) is 10.7. The van der Waals surface area contributed by atoms with Gasteiger partial charge in [0.05, 0.1) is 12.2 Å². The van der Waals surface area contributed by atoms with E-state index in [2.05, 4.69) is 39.5 Å². The van der Waals surface area contributed by atoms with Gasteiger partial charge in [0.2, 0.25) is 0 Å². The fraction of sp³-hybridized carbons (Fsp3) is 0.462. The van der Waals surface area contributed by atoms with Gasteiger partial charge in [-0.05, 0) is 53.0 Å². The molecule has 0 spiro atoms. The number of aryl methyl sites for hydroxylation is 2. The van der Waals surface area contributed by atoms with E-state index in [0.29, 0.717) is 0 Å². The molecule has 0 saturated heterocycles. The number of aromatic nitrogens is 2. The van der Waals surface area contributed by atoms with Gasteiger partial charge in [0.1, 0.15) is 5.76 Å². The zero-order chi connectivity index (χ0) is 13.0. The third-order valence-corrected chi connectivity index (χ3v) is 3.29. The molecule has 4 nitrogen and oxygen atoms in total. The summed E-state index contributed by atoms with van der Waals surface area (Å²) in [5.74, 6) is 0.979. The van der Waals surface area contributed by atoms with E-state index >= 15 is 0 Å². The van der Waals surface area contributed by atoms with Crippen molar-refractivity contribution in [2.45, 2.75) is 25.8 Å². The number of halogens is 1. The Morgan fingerprint density at radius 2 is 2.33 bits per heavy atom. The molecule has 0 aliphatic carbocycles. The lowest BCUT2D eigenvalue weighted by Crippen LogP contribution is -2.21. The van der Waals surface area contributed by atoms with Crippen LogP contribution >= 0.6 is 15.9 Å². The second-order valence-corrected chi connectivity index (χ2v) is 5.09. The molecule has 0 saturated carbocycles. The fourth-order valence-corrected chi connectivity index (χ4v) is 2.34. The Morgan fingerprint density at radius 3 is 2.89 bits per heavy atom. The van der Waals surface area contributed by atoms with Gasteiger partial charge in [-0.3, -0.25) is 4.68 Å². The van der Waals surface area contributed by atoms with Gasteiger partial charge in [-0.25, -0.2) is 0 Å². The van der Waals surface area contributed by atoms with E-state index in [0.717, 1.165) is 29.8 Å². The molecule has 1 atom stereocenters. The van der Waals surface area contributed by atoms with Gasteiger partial charge in [-0.15, -0.1) is 0 Å². The van der Waals surface area contributed by atoms with Crippen LogP contribution in [-0.2, 0) is 13.5 Å². The van der Waals surface area contributed by atoms with Crippen LogP contribution in [0.1, 0.15) is 30.7 Å². The molecule has 98 valence electrons. The first-order valence-electron chi connectivity index (χ1n) is 6.15.